The second-order valence-corrected chi connectivity index (χ2v) is 9.84. The van der Waals surface area contributed by atoms with Gasteiger partial charge in [0.05, 0.1) is 38.3 Å². The van der Waals surface area contributed by atoms with E-state index in [1.807, 2.05) is 17.9 Å². The second-order valence-electron chi connectivity index (χ2n) is 9.84. The van der Waals surface area contributed by atoms with Gasteiger partial charge in [-0.1, -0.05) is 6.07 Å². The zero-order chi connectivity index (χ0) is 30.0. The highest BCUT2D eigenvalue weighted by Crippen LogP contribution is 2.37. The summed E-state index contributed by atoms with van der Waals surface area (Å²) in [6.45, 7) is 5.06. The van der Waals surface area contributed by atoms with Crippen molar-refractivity contribution in [2.75, 3.05) is 46.5 Å². The number of halogens is 3. The van der Waals surface area contributed by atoms with Crippen LogP contribution < -0.4 is 9.47 Å². The number of aliphatic hydroxyl groups is 1. The molecule has 13 heteroatoms. The maximum absolute atomic E-state index is 14.3. The largest absolute Gasteiger partial charge is 0.497 e. The Kier molecular flexibility index (Phi) is 8.32. The van der Waals surface area contributed by atoms with E-state index < -0.39 is 17.8 Å². The van der Waals surface area contributed by atoms with Crippen molar-refractivity contribution in [2.45, 2.75) is 26.1 Å². The second kappa shape index (κ2) is 11.9. The zero-order valence-corrected chi connectivity index (χ0v) is 23.4. The lowest BCUT2D eigenvalue weighted by atomic mass is 10.0. The van der Waals surface area contributed by atoms with Crippen LogP contribution in [0.2, 0.25) is 0 Å². The molecule has 0 aliphatic carbocycles. The van der Waals surface area contributed by atoms with Crippen LogP contribution in [-0.4, -0.2) is 86.9 Å². The summed E-state index contributed by atoms with van der Waals surface area (Å²) in [5, 5.41) is 14.1. The van der Waals surface area contributed by atoms with Crippen LogP contribution in [0.5, 0.6) is 11.6 Å². The van der Waals surface area contributed by atoms with Crippen LogP contribution in [0.1, 0.15) is 40.1 Å². The molecule has 1 aliphatic heterocycles. The average Bonchev–Trinajstić information content (AvgIpc) is 3.40. The number of aromatic nitrogens is 4. The smallest absolute Gasteiger partial charge is 0.433 e. The van der Waals surface area contributed by atoms with E-state index in [0.29, 0.717) is 54.5 Å². The molecule has 222 valence electrons. The number of carbonyl (C=O) groups is 1. The van der Waals surface area contributed by atoms with E-state index in [0.717, 1.165) is 11.8 Å². The minimum atomic E-state index is -4.74. The third-order valence-electron chi connectivity index (χ3n) is 7.40. The van der Waals surface area contributed by atoms with E-state index >= 15 is 0 Å². The Morgan fingerprint density at radius 1 is 1.07 bits per heavy atom. The normalized spacial score (nSPS) is 15.2. The molecule has 1 saturated heterocycles. The molecule has 1 fully saturated rings. The van der Waals surface area contributed by atoms with Gasteiger partial charge in [0.15, 0.2) is 11.3 Å². The van der Waals surface area contributed by atoms with Crippen molar-refractivity contribution in [3.8, 4) is 22.9 Å². The number of aliphatic hydroxyl groups excluding tert-OH is 1. The molecule has 1 amide bonds. The Bertz CT molecular complexity index is 1550. The van der Waals surface area contributed by atoms with E-state index in [9.17, 15) is 23.1 Å². The predicted octanol–water partition coefficient (Wildman–Crippen LogP) is 4.02. The Morgan fingerprint density at radius 2 is 1.79 bits per heavy atom. The maximum atomic E-state index is 14.3. The molecule has 4 heterocycles. The number of amides is 1. The minimum Gasteiger partial charge on any atom is -0.497 e. The first-order chi connectivity index (χ1) is 20.2. The molecule has 1 atom stereocenters. The number of hydrogen-bond acceptors (Lipinski definition) is 8. The molecule has 3 aromatic heterocycles. The summed E-state index contributed by atoms with van der Waals surface area (Å²) >= 11 is 0. The van der Waals surface area contributed by atoms with Crippen LogP contribution in [0.15, 0.2) is 48.8 Å². The van der Waals surface area contributed by atoms with Gasteiger partial charge < -0.3 is 19.5 Å². The Labute approximate surface area is 240 Å². The van der Waals surface area contributed by atoms with Gasteiger partial charge in [-0.3, -0.25) is 9.69 Å². The summed E-state index contributed by atoms with van der Waals surface area (Å²) in [7, 11) is 1.50. The summed E-state index contributed by atoms with van der Waals surface area (Å²) in [5.41, 5.74) is 0.0956. The third-order valence-corrected chi connectivity index (χ3v) is 7.40. The summed E-state index contributed by atoms with van der Waals surface area (Å²) in [6.07, 6.45) is -1.93. The quantitative estimate of drug-likeness (QED) is 0.331. The highest BCUT2D eigenvalue weighted by atomic mass is 19.4. The predicted molar refractivity (Wildman–Crippen MR) is 147 cm³/mol. The van der Waals surface area contributed by atoms with E-state index in [4.69, 9.17) is 9.47 Å². The monoisotopic (exact) mass is 584 g/mol. The first-order valence-electron chi connectivity index (χ1n) is 13.5. The number of pyridine rings is 1. The fourth-order valence-corrected chi connectivity index (χ4v) is 5.25. The van der Waals surface area contributed by atoms with Crippen molar-refractivity contribution >= 4 is 11.6 Å². The number of ether oxygens (including phenoxy) is 2. The number of fused-ring (bicyclic) bond motifs is 1. The van der Waals surface area contributed by atoms with Crippen molar-refractivity contribution in [3.63, 3.8) is 0 Å². The van der Waals surface area contributed by atoms with Gasteiger partial charge in [-0.15, -0.1) is 0 Å². The lowest BCUT2D eigenvalue weighted by molar-refractivity contribution is -0.143. The Balaban J connectivity index is 1.41. The maximum Gasteiger partial charge on any atom is 0.433 e. The first kappa shape index (κ1) is 29.3. The zero-order valence-electron chi connectivity index (χ0n) is 23.4. The summed E-state index contributed by atoms with van der Waals surface area (Å²) < 4.78 is 54.1. The molecule has 0 bridgehead atoms. The van der Waals surface area contributed by atoms with Crippen LogP contribution in [0.4, 0.5) is 13.2 Å². The summed E-state index contributed by atoms with van der Waals surface area (Å²) in [4.78, 5) is 26.0. The van der Waals surface area contributed by atoms with Gasteiger partial charge >= 0.3 is 6.18 Å². The molecule has 0 radical (unpaired) electrons. The first-order valence-corrected chi connectivity index (χ1v) is 13.5. The highest BCUT2D eigenvalue weighted by Gasteiger charge is 2.39. The SMILES string of the molecule is CCOc1ccc([C@H](CO)N2CCN(C(=O)c3cnn4c(C(F)(F)F)c(C)c(-c5ccc(OC)cc5)nc34)CC2)cn1. The molecule has 0 spiro atoms. The van der Waals surface area contributed by atoms with Crippen molar-refractivity contribution < 1.29 is 32.5 Å². The highest BCUT2D eigenvalue weighted by molar-refractivity contribution is 6.00. The van der Waals surface area contributed by atoms with E-state index in [1.54, 1.807) is 41.4 Å². The number of alkyl halides is 3. The van der Waals surface area contributed by atoms with Crippen LogP contribution >= 0.6 is 0 Å². The van der Waals surface area contributed by atoms with Crippen LogP contribution in [0.3, 0.4) is 0 Å². The molecule has 1 aromatic carbocycles. The molecule has 5 rings (SSSR count). The van der Waals surface area contributed by atoms with Gasteiger partial charge in [-0.2, -0.15) is 18.3 Å². The standard InChI is InChI=1S/C29H31F3N6O4/c1-4-42-24-10-7-20(15-33-24)23(17-39)36-11-13-37(14-12-36)28(40)22-16-34-38-26(29(30,31)32)18(2)25(35-27(22)38)19-5-8-21(41-3)9-6-19/h5-10,15-16,23,39H,4,11-14,17H2,1-3H3/t23-/m0/s1. The average molecular weight is 585 g/mol. The number of nitrogens with zero attached hydrogens (tertiary/aromatic N) is 6. The van der Waals surface area contributed by atoms with Crippen LogP contribution in [0, 0.1) is 6.92 Å². The molecular formula is C29H31F3N6O4. The van der Waals surface area contributed by atoms with Gasteiger partial charge in [0, 0.05) is 49.6 Å². The fraction of sp³-hybridized carbons (Fsp3) is 0.379. The lowest BCUT2D eigenvalue weighted by Gasteiger charge is -2.38. The number of carbonyl (C=O) groups excluding carboxylic acids is 1. The van der Waals surface area contributed by atoms with Crippen LogP contribution in [0.25, 0.3) is 16.9 Å². The molecule has 0 saturated carbocycles. The van der Waals surface area contributed by atoms with Gasteiger partial charge in [0.25, 0.3) is 5.91 Å². The topological polar surface area (TPSA) is 105 Å². The van der Waals surface area contributed by atoms with Gasteiger partial charge in [0.1, 0.15) is 11.3 Å². The molecule has 1 N–H and O–H groups in total. The molecule has 1 aliphatic rings. The van der Waals surface area contributed by atoms with Gasteiger partial charge in [0.2, 0.25) is 5.88 Å². The van der Waals surface area contributed by atoms with E-state index in [1.165, 1.54) is 14.0 Å². The summed E-state index contributed by atoms with van der Waals surface area (Å²) in [6, 6.07) is 9.79. The number of rotatable bonds is 8. The van der Waals surface area contributed by atoms with Crippen molar-refractivity contribution in [1.29, 1.82) is 0 Å². The number of benzene rings is 1. The van der Waals surface area contributed by atoms with Crippen molar-refractivity contribution in [2.24, 2.45) is 0 Å². The minimum absolute atomic E-state index is 0.0156. The van der Waals surface area contributed by atoms with E-state index in [2.05, 4.69) is 15.1 Å². The number of piperazine rings is 1. The Morgan fingerprint density at radius 3 is 2.36 bits per heavy atom. The summed E-state index contributed by atoms with van der Waals surface area (Å²) in [5.74, 6) is 0.586. The van der Waals surface area contributed by atoms with Crippen molar-refractivity contribution in [1.82, 2.24) is 29.4 Å². The molecule has 4 aromatic rings. The number of hydrogen-bond donors (Lipinski definition) is 1. The van der Waals surface area contributed by atoms with Gasteiger partial charge in [-0.25, -0.2) is 14.5 Å². The molecule has 42 heavy (non-hydrogen) atoms. The van der Waals surface area contributed by atoms with Gasteiger partial charge in [-0.05, 0) is 43.7 Å². The van der Waals surface area contributed by atoms with Crippen molar-refractivity contribution in [3.05, 3.63) is 71.2 Å². The lowest BCUT2D eigenvalue weighted by Crippen LogP contribution is -2.50. The van der Waals surface area contributed by atoms with E-state index in [-0.39, 0.29) is 35.1 Å². The third kappa shape index (κ3) is 5.61. The fourth-order valence-electron chi connectivity index (χ4n) is 5.25. The van der Waals surface area contributed by atoms with Crippen LogP contribution in [-0.2, 0) is 6.18 Å². The molecule has 0 unspecified atom stereocenters. The Hall–Kier alpha value is -4.23. The molecule has 10 nitrogen and oxygen atoms in total. The number of methoxy groups -OCH3 is 1. The molecular weight excluding hydrogens is 553 g/mol.